The monoisotopic (exact) mass is 546 g/mol. The van der Waals surface area contributed by atoms with E-state index < -0.39 is 0 Å². The second kappa shape index (κ2) is 11.3. The van der Waals surface area contributed by atoms with E-state index in [1.807, 2.05) is 24.6 Å². The van der Waals surface area contributed by atoms with Gasteiger partial charge < -0.3 is 19.9 Å². The van der Waals surface area contributed by atoms with Gasteiger partial charge in [0.2, 0.25) is 0 Å². The molecule has 1 aromatic heterocycles. The molecule has 1 aliphatic rings. The van der Waals surface area contributed by atoms with Crippen molar-refractivity contribution >= 4 is 29.9 Å². The molecule has 1 atom stereocenters. The van der Waals surface area contributed by atoms with Crippen LogP contribution in [0, 0.1) is 6.92 Å². The third-order valence-electron chi connectivity index (χ3n) is 5.67. The molecule has 1 unspecified atom stereocenters. The van der Waals surface area contributed by atoms with Crippen LogP contribution in [-0.2, 0) is 26.4 Å². The average molecular weight is 546 g/mol. The molecule has 0 spiro atoms. The fourth-order valence-electron chi connectivity index (χ4n) is 3.64. The predicted octanol–water partition coefficient (Wildman–Crippen LogP) is 3.72. The lowest BCUT2D eigenvalue weighted by Crippen LogP contribution is -2.39. The van der Waals surface area contributed by atoms with Gasteiger partial charge in [0, 0.05) is 20.0 Å². The molecule has 0 aliphatic carbocycles. The molecule has 32 heavy (non-hydrogen) atoms. The van der Waals surface area contributed by atoms with Crippen LogP contribution in [0.5, 0.6) is 5.75 Å². The van der Waals surface area contributed by atoms with E-state index in [4.69, 9.17) is 9.73 Å². The number of guanidine groups is 1. The number of nitrogens with zero attached hydrogens (tertiary/aromatic N) is 4. The number of halogens is 1. The SMILES string of the molecule is Cc1nnc(CN=C(NCCc2ccc3c(c2)CCO3)NC(C)c2ccccc2)n1C.I. The Balaban J connectivity index is 0.00000289. The maximum atomic E-state index is 5.61. The Morgan fingerprint density at radius 3 is 2.75 bits per heavy atom. The molecule has 0 amide bonds. The third kappa shape index (κ3) is 5.99. The summed E-state index contributed by atoms with van der Waals surface area (Å²) < 4.78 is 7.58. The minimum Gasteiger partial charge on any atom is -0.493 e. The topological polar surface area (TPSA) is 76.4 Å². The van der Waals surface area contributed by atoms with Gasteiger partial charge in [-0.25, -0.2) is 4.99 Å². The third-order valence-corrected chi connectivity index (χ3v) is 5.67. The lowest BCUT2D eigenvalue weighted by molar-refractivity contribution is 0.357. The van der Waals surface area contributed by atoms with Crippen LogP contribution in [0.4, 0.5) is 0 Å². The molecule has 3 aromatic rings. The first-order valence-electron chi connectivity index (χ1n) is 10.8. The van der Waals surface area contributed by atoms with Crippen molar-refractivity contribution in [2.75, 3.05) is 13.2 Å². The molecule has 0 bridgehead atoms. The van der Waals surface area contributed by atoms with Gasteiger partial charge in [-0.2, -0.15) is 0 Å². The fourth-order valence-corrected chi connectivity index (χ4v) is 3.64. The van der Waals surface area contributed by atoms with Crippen LogP contribution < -0.4 is 15.4 Å². The number of ether oxygens (including phenoxy) is 1. The minimum atomic E-state index is 0. The summed E-state index contributed by atoms with van der Waals surface area (Å²) in [6.45, 7) is 6.11. The first-order valence-corrected chi connectivity index (χ1v) is 10.8. The van der Waals surface area contributed by atoms with Crippen molar-refractivity contribution in [3.63, 3.8) is 0 Å². The van der Waals surface area contributed by atoms with Crippen LogP contribution in [0.15, 0.2) is 53.5 Å². The number of fused-ring (bicyclic) bond motifs is 1. The molecule has 8 heteroatoms. The summed E-state index contributed by atoms with van der Waals surface area (Å²) in [6.07, 6.45) is 1.91. The van der Waals surface area contributed by atoms with Crippen LogP contribution in [-0.4, -0.2) is 33.9 Å². The molecule has 170 valence electrons. The van der Waals surface area contributed by atoms with E-state index in [0.29, 0.717) is 6.54 Å². The Morgan fingerprint density at radius 2 is 2.00 bits per heavy atom. The summed E-state index contributed by atoms with van der Waals surface area (Å²) in [4.78, 5) is 4.77. The number of hydrogen-bond donors (Lipinski definition) is 2. The van der Waals surface area contributed by atoms with Gasteiger partial charge >= 0.3 is 0 Å². The maximum Gasteiger partial charge on any atom is 0.192 e. The van der Waals surface area contributed by atoms with Gasteiger partial charge in [-0.05, 0) is 43.0 Å². The quantitative estimate of drug-likeness (QED) is 0.269. The van der Waals surface area contributed by atoms with Gasteiger partial charge in [0.05, 0.1) is 12.6 Å². The van der Waals surface area contributed by atoms with Crippen molar-refractivity contribution in [2.24, 2.45) is 12.0 Å². The van der Waals surface area contributed by atoms with Crippen LogP contribution in [0.3, 0.4) is 0 Å². The second-order valence-electron chi connectivity index (χ2n) is 7.88. The van der Waals surface area contributed by atoms with Crippen molar-refractivity contribution in [2.45, 2.75) is 39.3 Å². The van der Waals surface area contributed by atoms with Crippen molar-refractivity contribution in [3.8, 4) is 5.75 Å². The lowest BCUT2D eigenvalue weighted by Gasteiger charge is -2.19. The van der Waals surface area contributed by atoms with Crippen molar-refractivity contribution in [1.82, 2.24) is 25.4 Å². The van der Waals surface area contributed by atoms with Gasteiger partial charge in [0.1, 0.15) is 18.1 Å². The molecule has 0 fully saturated rings. The Bertz CT molecular complexity index is 1050. The van der Waals surface area contributed by atoms with Crippen molar-refractivity contribution < 1.29 is 4.74 Å². The maximum absolute atomic E-state index is 5.61. The average Bonchev–Trinajstić information content (AvgIpc) is 3.38. The zero-order valence-corrected chi connectivity index (χ0v) is 21.2. The molecule has 2 N–H and O–H groups in total. The number of benzene rings is 2. The number of aliphatic imine (C=N–C) groups is 1. The van der Waals surface area contributed by atoms with Crippen LogP contribution >= 0.6 is 24.0 Å². The molecule has 0 saturated carbocycles. The molecule has 7 nitrogen and oxygen atoms in total. The van der Waals surface area contributed by atoms with E-state index in [-0.39, 0.29) is 30.0 Å². The van der Waals surface area contributed by atoms with Crippen LogP contribution in [0.25, 0.3) is 0 Å². The van der Waals surface area contributed by atoms with Gasteiger partial charge in [0.15, 0.2) is 11.8 Å². The predicted molar refractivity (Wildman–Crippen MR) is 138 cm³/mol. The number of aryl methyl sites for hydroxylation is 1. The summed E-state index contributed by atoms with van der Waals surface area (Å²) in [7, 11) is 1.96. The highest BCUT2D eigenvalue weighted by Crippen LogP contribution is 2.25. The summed E-state index contributed by atoms with van der Waals surface area (Å²) in [5.74, 6) is 3.51. The van der Waals surface area contributed by atoms with Gasteiger partial charge in [-0.1, -0.05) is 42.5 Å². The minimum absolute atomic E-state index is 0. The highest BCUT2D eigenvalue weighted by molar-refractivity contribution is 14.0. The molecular formula is C24H31IN6O. The largest absolute Gasteiger partial charge is 0.493 e. The molecule has 0 saturated heterocycles. The van der Waals surface area contributed by atoms with E-state index in [9.17, 15) is 0 Å². The summed E-state index contributed by atoms with van der Waals surface area (Å²) in [5, 5.41) is 15.4. The Kier molecular flexibility index (Phi) is 8.49. The smallest absolute Gasteiger partial charge is 0.192 e. The number of nitrogens with one attached hydrogen (secondary N) is 2. The van der Waals surface area contributed by atoms with Crippen LogP contribution in [0.1, 0.15) is 41.3 Å². The first kappa shape index (κ1) is 24.0. The normalized spacial score (nSPS) is 13.7. The van der Waals surface area contributed by atoms with Gasteiger partial charge in [0.25, 0.3) is 0 Å². The molecule has 1 aliphatic heterocycles. The number of aromatic nitrogens is 3. The molecule has 0 radical (unpaired) electrons. The molecule has 2 aromatic carbocycles. The van der Waals surface area contributed by atoms with Crippen molar-refractivity contribution in [1.29, 1.82) is 0 Å². The summed E-state index contributed by atoms with van der Waals surface area (Å²) in [5.41, 5.74) is 3.82. The van der Waals surface area contributed by atoms with E-state index in [2.05, 4.69) is 70.2 Å². The highest BCUT2D eigenvalue weighted by Gasteiger charge is 2.13. The zero-order chi connectivity index (χ0) is 21.6. The Labute approximate surface area is 206 Å². The van der Waals surface area contributed by atoms with E-state index in [0.717, 1.165) is 49.4 Å². The fraction of sp³-hybridized carbons (Fsp3) is 0.375. The number of rotatable bonds is 7. The molecular weight excluding hydrogens is 515 g/mol. The Hall–Kier alpha value is -2.62. The Morgan fingerprint density at radius 1 is 1.19 bits per heavy atom. The van der Waals surface area contributed by atoms with E-state index >= 15 is 0 Å². The number of hydrogen-bond acceptors (Lipinski definition) is 4. The molecule has 2 heterocycles. The van der Waals surface area contributed by atoms with Gasteiger partial charge in [-0.15, -0.1) is 34.2 Å². The van der Waals surface area contributed by atoms with E-state index in [1.54, 1.807) is 0 Å². The summed E-state index contributed by atoms with van der Waals surface area (Å²) in [6, 6.07) is 17.0. The standard InChI is InChI=1S/C24H30N6O.HI/c1-17(20-7-5-4-6-8-20)27-24(26-16-23-29-28-18(2)30(23)3)25-13-11-19-9-10-22-21(15-19)12-14-31-22;/h4-10,15,17H,11-14,16H2,1-3H3,(H2,25,26,27);1H. The van der Waals surface area contributed by atoms with Crippen molar-refractivity contribution in [3.05, 3.63) is 76.9 Å². The lowest BCUT2D eigenvalue weighted by atomic mass is 10.1. The van der Waals surface area contributed by atoms with E-state index in [1.165, 1.54) is 16.7 Å². The van der Waals surface area contributed by atoms with Crippen LogP contribution in [0.2, 0.25) is 0 Å². The highest BCUT2D eigenvalue weighted by atomic mass is 127. The summed E-state index contributed by atoms with van der Waals surface area (Å²) >= 11 is 0. The molecule has 4 rings (SSSR count). The zero-order valence-electron chi connectivity index (χ0n) is 18.8. The second-order valence-corrected chi connectivity index (χ2v) is 7.88. The van der Waals surface area contributed by atoms with Gasteiger partial charge in [-0.3, -0.25) is 0 Å². The first-order chi connectivity index (χ1) is 15.1.